The molecule has 0 saturated heterocycles. The summed E-state index contributed by atoms with van der Waals surface area (Å²) in [5.41, 5.74) is 0.955. The number of nitrogens with one attached hydrogen (secondary N) is 1. The van der Waals surface area contributed by atoms with Crippen molar-refractivity contribution in [2.75, 3.05) is 18.5 Å². The van der Waals surface area contributed by atoms with Crippen molar-refractivity contribution in [1.82, 2.24) is 4.98 Å². The molecule has 0 atom stereocenters. The van der Waals surface area contributed by atoms with Gasteiger partial charge in [-0.3, -0.25) is 0 Å². The maximum Gasteiger partial charge on any atom is 0.183 e. The van der Waals surface area contributed by atoms with Crippen LogP contribution in [0.5, 0.6) is 0 Å². The molecule has 1 aromatic heterocycles. The van der Waals surface area contributed by atoms with Gasteiger partial charge in [-0.05, 0) is 31.0 Å². The number of anilines is 1. The van der Waals surface area contributed by atoms with Gasteiger partial charge in [0, 0.05) is 11.6 Å². The molecule has 2 aromatic rings. The SMILES string of the molecule is Clc1ccc2sc(NCCOC3CCCC3)nc2c1. The van der Waals surface area contributed by atoms with Crippen molar-refractivity contribution in [1.29, 1.82) is 0 Å². The van der Waals surface area contributed by atoms with Gasteiger partial charge in [-0.1, -0.05) is 35.8 Å². The van der Waals surface area contributed by atoms with Gasteiger partial charge in [0.2, 0.25) is 0 Å². The van der Waals surface area contributed by atoms with E-state index in [0.717, 1.165) is 33.5 Å². The fourth-order valence-corrected chi connectivity index (χ4v) is 3.45. The zero-order valence-corrected chi connectivity index (χ0v) is 12.3. The zero-order valence-electron chi connectivity index (χ0n) is 10.7. The number of rotatable bonds is 5. The molecule has 3 nitrogen and oxygen atoms in total. The highest BCUT2D eigenvalue weighted by molar-refractivity contribution is 7.22. The summed E-state index contributed by atoms with van der Waals surface area (Å²) in [7, 11) is 0. The number of nitrogens with zero attached hydrogens (tertiary/aromatic N) is 1. The second-order valence-corrected chi connectivity index (χ2v) is 6.30. The summed E-state index contributed by atoms with van der Waals surface area (Å²) in [6, 6.07) is 5.80. The standard InChI is InChI=1S/C14H17ClN2OS/c15-10-5-6-13-12(9-10)17-14(19-13)16-7-8-18-11-3-1-2-4-11/h5-6,9,11H,1-4,7-8H2,(H,16,17). The predicted molar refractivity (Wildman–Crippen MR) is 81.3 cm³/mol. The number of hydrogen-bond acceptors (Lipinski definition) is 4. The molecule has 1 fully saturated rings. The smallest absolute Gasteiger partial charge is 0.183 e. The van der Waals surface area contributed by atoms with Crippen molar-refractivity contribution in [3.8, 4) is 0 Å². The van der Waals surface area contributed by atoms with Crippen molar-refractivity contribution in [3.05, 3.63) is 23.2 Å². The first-order chi connectivity index (χ1) is 9.31. The van der Waals surface area contributed by atoms with E-state index < -0.39 is 0 Å². The van der Waals surface area contributed by atoms with E-state index in [1.807, 2.05) is 18.2 Å². The van der Waals surface area contributed by atoms with Gasteiger partial charge >= 0.3 is 0 Å². The molecule has 0 radical (unpaired) electrons. The van der Waals surface area contributed by atoms with Gasteiger partial charge in [0.15, 0.2) is 5.13 Å². The van der Waals surface area contributed by atoms with Crippen molar-refractivity contribution in [2.24, 2.45) is 0 Å². The lowest BCUT2D eigenvalue weighted by Crippen LogP contribution is -2.15. The Labute approximate surface area is 121 Å². The second kappa shape index (κ2) is 6.07. The van der Waals surface area contributed by atoms with Crippen molar-refractivity contribution < 1.29 is 4.74 Å². The molecule has 1 saturated carbocycles. The molecule has 1 aliphatic rings. The van der Waals surface area contributed by atoms with Crippen LogP contribution in [0.4, 0.5) is 5.13 Å². The van der Waals surface area contributed by atoms with Gasteiger partial charge < -0.3 is 10.1 Å². The molecule has 0 amide bonds. The second-order valence-electron chi connectivity index (χ2n) is 4.84. The molecule has 1 heterocycles. The Bertz CT molecular complexity index is 551. The number of halogens is 1. The summed E-state index contributed by atoms with van der Waals surface area (Å²) in [5, 5.41) is 4.98. The molecule has 5 heteroatoms. The Balaban J connectivity index is 1.50. The predicted octanol–water partition coefficient (Wildman–Crippen LogP) is 4.32. The number of hydrogen-bond donors (Lipinski definition) is 1. The van der Waals surface area contributed by atoms with E-state index >= 15 is 0 Å². The summed E-state index contributed by atoms with van der Waals surface area (Å²) in [4.78, 5) is 4.51. The third-order valence-electron chi connectivity index (χ3n) is 3.38. The first-order valence-corrected chi connectivity index (χ1v) is 7.92. The van der Waals surface area contributed by atoms with Crippen LogP contribution in [0.15, 0.2) is 18.2 Å². The van der Waals surface area contributed by atoms with Crippen LogP contribution in [0.25, 0.3) is 10.2 Å². The van der Waals surface area contributed by atoms with E-state index in [0.29, 0.717) is 6.10 Å². The highest BCUT2D eigenvalue weighted by Crippen LogP contribution is 2.28. The molecule has 102 valence electrons. The Morgan fingerprint density at radius 2 is 2.21 bits per heavy atom. The normalized spacial score (nSPS) is 16.3. The maximum atomic E-state index is 5.95. The minimum Gasteiger partial charge on any atom is -0.376 e. The maximum absolute atomic E-state index is 5.95. The fourth-order valence-electron chi connectivity index (χ4n) is 2.41. The van der Waals surface area contributed by atoms with E-state index in [4.69, 9.17) is 16.3 Å². The summed E-state index contributed by atoms with van der Waals surface area (Å²) in [6.07, 6.45) is 5.56. The van der Waals surface area contributed by atoms with Gasteiger partial charge in [-0.2, -0.15) is 0 Å². The third-order valence-corrected chi connectivity index (χ3v) is 4.61. The lowest BCUT2D eigenvalue weighted by atomic mass is 10.3. The van der Waals surface area contributed by atoms with E-state index in [-0.39, 0.29) is 0 Å². The molecular formula is C14H17ClN2OS. The molecule has 0 spiro atoms. The average molecular weight is 297 g/mol. The number of benzene rings is 1. The highest BCUT2D eigenvalue weighted by Gasteiger charge is 2.14. The zero-order chi connectivity index (χ0) is 13.1. The van der Waals surface area contributed by atoms with Crippen molar-refractivity contribution >= 4 is 38.3 Å². The van der Waals surface area contributed by atoms with Gasteiger partial charge in [0.25, 0.3) is 0 Å². The third kappa shape index (κ3) is 3.38. The van der Waals surface area contributed by atoms with E-state index in [9.17, 15) is 0 Å². The monoisotopic (exact) mass is 296 g/mol. The first kappa shape index (κ1) is 13.2. The number of thiazole rings is 1. The molecule has 0 unspecified atom stereocenters. The van der Waals surface area contributed by atoms with Crippen LogP contribution < -0.4 is 5.32 Å². The van der Waals surface area contributed by atoms with Crippen LogP contribution in [0.3, 0.4) is 0 Å². The topological polar surface area (TPSA) is 34.1 Å². The Kier molecular flexibility index (Phi) is 4.21. The minimum absolute atomic E-state index is 0.482. The van der Waals surface area contributed by atoms with Crippen LogP contribution in [-0.2, 0) is 4.74 Å². The fraction of sp³-hybridized carbons (Fsp3) is 0.500. The quantitative estimate of drug-likeness (QED) is 0.834. The van der Waals surface area contributed by atoms with Crippen LogP contribution >= 0.6 is 22.9 Å². The molecule has 1 aliphatic carbocycles. The van der Waals surface area contributed by atoms with E-state index in [1.54, 1.807) is 11.3 Å². The van der Waals surface area contributed by atoms with Gasteiger partial charge in [0.1, 0.15) is 0 Å². The minimum atomic E-state index is 0.482. The largest absolute Gasteiger partial charge is 0.376 e. The van der Waals surface area contributed by atoms with Gasteiger partial charge in [-0.15, -0.1) is 0 Å². The van der Waals surface area contributed by atoms with Crippen LogP contribution in [0, 0.1) is 0 Å². The molecule has 0 bridgehead atoms. The van der Waals surface area contributed by atoms with Crippen LogP contribution in [0.2, 0.25) is 5.02 Å². The Morgan fingerprint density at radius 1 is 1.37 bits per heavy atom. The number of fused-ring (bicyclic) bond motifs is 1. The summed E-state index contributed by atoms with van der Waals surface area (Å²) >= 11 is 7.60. The van der Waals surface area contributed by atoms with Gasteiger partial charge in [-0.25, -0.2) is 4.98 Å². The lowest BCUT2D eigenvalue weighted by molar-refractivity contribution is 0.0659. The van der Waals surface area contributed by atoms with Crippen molar-refractivity contribution in [2.45, 2.75) is 31.8 Å². The van der Waals surface area contributed by atoms with E-state index in [2.05, 4.69) is 10.3 Å². The summed E-state index contributed by atoms with van der Waals surface area (Å²) < 4.78 is 6.97. The Hall–Kier alpha value is -0.840. The van der Waals surface area contributed by atoms with Crippen molar-refractivity contribution in [3.63, 3.8) is 0 Å². The molecule has 0 aliphatic heterocycles. The first-order valence-electron chi connectivity index (χ1n) is 6.73. The number of aromatic nitrogens is 1. The molecule has 1 aromatic carbocycles. The summed E-state index contributed by atoms with van der Waals surface area (Å²) in [5.74, 6) is 0. The van der Waals surface area contributed by atoms with Crippen LogP contribution in [0.1, 0.15) is 25.7 Å². The average Bonchev–Trinajstić information content (AvgIpc) is 3.02. The molecule has 19 heavy (non-hydrogen) atoms. The number of ether oxygens (including phenoxy) is 1. The van der Waals surface area contributed by atoms with Crippen LogP contribution in [-0.4, -0.2) is 24.2 Å². The molecule has 3 rings (SSSR count). The summed E-state index contributed by atoms with van der Waals surface area (Å²) in [6.45, 7) is 1.56. The lowest BCUT2D eigenvalue weighted by Gasteiger charge is -2.10. The van der Waals surface area contributed by atoms with E-state index in [1.165, 1.54) is 25.7 Å². The molecular weight excluding hydrogens is 280 g/mol. The Morgan fingerprint density at radius 3 is 3.05 bits per heavy atom. The molecule has 1 N–H and O–H groups in total. The van der Waals surface area contributed by atoms with Gasteiger partial charge in [0.05, 0.1) is 22.9 Å². The highest BCUT2D eigenvalue weighted by atomic mass is 35.5.